The molecule has 1 aliphatic rings. The molecule has 0 amide bonds. The van der Waals surface area contributed by atoms with Gasteiger partial charge in [-0.2, -0.15) is 0 Å². The van der Waals surface area contributed by atoms with Gasteiger partial charge < -0.3 is 4.74 Å². The van der Waals surface area contributed by atoms with Gasteiger partial charge in [-0.3, -0.25) is 9.79 Å². The third kappa shape index (κ3) is 4.66. The van der Waals surface area contributed by atoms with Crippen LogP contribution in [0.5, 0.6) is 0 Å². The highest BCUT2D eigenvalue weighted by Crippen LogP contribution is 2.48. The van der Waals surface area contributed by atoms with Gasteiger partial charge in [-0.1, -0.05) is 41.4 Å². The fourth-order valence-electron chi connectivity index (χ4n) is 3.32. The summed E-state index contributed by atoms with van der Waals surface area (Å²) in [6.45, 7) is 11.0. The number of nitrogens with zero attached hydrogens (tertiary/aromatic N) is 1. The van der Waals surface area contributed by atoms with E-state index in [2.05, 4.69) is 18.3 Å². The zero-order valence-corrected chi connectivity index (χ0v) is 16.6. The first-order chi connectivity index (χ1) is 12.3. The second-order valence-electron chi connectivity index (χ2n) is 6.78. The number of rotatable bonds is 6. The zero-order valence-electron chi connectivity index (χ0n) is 15.0. The predicted molar refractivity (Wildman–Crippen MR) is 109 cm³/mol. The molecule has 1 aromatic carbocycles. The van der Waals surface area contributed by atoms with Gasteiger partial charge in [0.2, 0.25) is 0 Å². The van der Waals surface area contributed by atoms with Crippen LogP contribution in [0.15, 0.2) is 64.8 Å². The summed E-state index contributed by atoms with van der Waals surface area (Å²) < 4.78 is 5.90. The third-order valence-electron chi connectivity index (χ3n) is 4.59. The Bertz CT molecular complexity index is 748. The summed E-state index contributed by atoms with van der Waals surface area (Å²) in [5.41, 5.74) is 1.10. The monoisotopic (exact) mass is 391 g/mol. The average molecular weight is 392 g/mol. The van der Waals surface area contributed by atoms with Crippen LogP contribution in [0.3, 0.4) is 0 Å². The van der Waals surface area contributed by atoms with Crippen molar-refractivity contribution in [1.29, 1.82) is 0 Å². The lowest BCUT2D eigenvalue weighted by molar-refractivity contribution is -0.174. The minimum absolute atomic E-state index is 0.113. The third-order valence-corrected chi connectivity index (χ3v) is 4.95. The van der Waals surface area contributed by atoms with Crippen molar-refractivity contribution in [2.24, 2.45) is 16.3 Å². The van der Waals surface area contributed by atoms with Crippen molar-refractivity contribution in [2.45, 2.75) is 32.8 Å². The van der Waals surface area contributed by atoms with Gasteiger partial charge in [0, 0.05) is 22.2 Å². The molecule has 26 heavy (non-hydrogen) atoms. The Morgan fingerprint density at radius 3 is 2.62 bits per heavy atom. The van der Waals surface area contributed by atoms with Gasteiger partial charge in [0.25, 0.3) is 0 Å². The van der Waals surface area contributed by atoms with Gasteiger partial charge in [0.05, 0.1) is 5.41 Å². The summed E-state index contributed by atoms with van der Waals surface area (Å²) in [5.74, 6) is -0.343. The smallest absolute Gasteiger partial charge is 0.312 e. The van der Waals surface area contributed by atoms with Crippen molar-refractivity contribution < 1.29 is 9.53 Å². The van der Waals surface area contributed by atoms with Crippen LogP contribution in [0.4, 0.5) is 0 Å². The Labute approximate surface area is 165 Å². The number of esters is 1. The molecule has 0 saturated carbocycles. The van der Waals surface area contributed by atoms with E-state index in [1.165, 1.54) is 0 Å². The summed E-state index contributed by atoms with van der Waals surface area (Å²) in [5, 5.41) is 1.25. The van der Waals surface area contributed by atoms with Crippen LogP contribution in [0, 0.1) is 11.3 Å². The largest absolute Gasteiger partial charge is 0.456 e. The van der Waals surface area contributed by atoms with E-state index in [1.807, 2.05) is 25.1 Å². The number of hydrogen-bond acceptors (Lipinski definition) is 3. The van der Waals surface area contributed by atoms with E-state index in [4.69, 9.17) is 27.9 Å². The van der Waals surface area contributed by atoms with E-state index in [0.717, 1.165) is 11.1 Å². The van der Waals surface area contributed by atoms with Crippen molar-refractivity contribution in [2.75, 3.05) is 0 Å². The molecule has 3 nitrogen and oxygen atoms in total. The quantitative estimate of drug-likeness (QED) is 0.248. The summed E-state index contributed by atoms with van der Waals surface area (Å²) in [7, 11) is 0. The number of carbonyl (C=O) groups is 1. The van der Waals surface area contributed by atoms with Gasteiger partial charge in [-0.05, 0) is 62.8 Å². The SMILES string of the molecule is C=CC[C@]1(C)C[C@@H](C(=C/N=C)/C=C(\C)Cl)[C@@H](c2ccc(Cl)cc2)OC1=O. The van der Waals surface area contributed by atoms with Crippen molar-refractivity contribution >= 4 is 35.9 Å². The zero-order chi connectivity index (χ0) is 19.3. The molecule has 3 atom stereocenters. The summed E-state index contributed by atoms with van der Waals surface area (Å²) >= 11 is 12.1. The Morgan fingerprint density at radius 1 is 1.42 bits per heavy atom. The molecule has 0 bridgehead atoms. The molecular weight excluding hydrogens is 369 g/mol. The Kier molecular flexibility index (Phi) is 6.85. The lowest BCUT2D eigenvalue weighted by Gasteiger charge is -2.41. The average Bonchev–Trinajstić information content (AvgIpc) is 2.57. The number of halogens is 2. The minimum Gasteiger partial charge on any atom is -0.456 e. The van der Waals surface area contributed by atoms with Crippen LogP contribution in [-0.4, -0.2) is 12.7 Å². The molecule has 0 spiro atoms. The number of benzene rings is 1. The molecule has 0 unspecified atom stereocenters. The molecule has 1 aliphatic heterocycles. The highest BCUT2D eigenvalue weighted by atomic mass is 35.5. The van der Waals surface area contributed by atoms with E-state index in [9.17, 15) is 4.79 Å². The standard InChI is InChI=1S/C21H23Cl2NO2/c1-5-10-21(3)12-18(16(13-24-4)11-14(2)22)19(26-20(21)25)15-6-8-17(23)9-7-15/h5-9,11,13,18-19H,1,4,10,12H2,2-3H3/b14-11+,16-13+/t18-,19+,21+/m0/s1. The molecule has 5 heteroatoms. The fourth-order valence-corrected chi connectivity index (χ4v) is 3.57. The molecule has 1 heterocycles. The Hall–Kier alpha value is -1.84. The van der Waals surface area contributed by atoms with Crippen LogP contribution in [0.1, 0.15) is 38.4 Å². The van der Waals surface area contributed by atoms with Crippen LogP contribution < -0.4 is 0 Å². The van der Waals surface area contributed by atoms with E-state index in [0.29, 0.717) is 22.9 Å². The lowest BCUT2D eigenvalue weighted by atomic mass is 9.71. The maximum Gasteiger partial charge on any atom is 0.312 e. The van der Waals surface area contributed by atoms with E-state index in [-0.39, 0.29) is 11.9 Å². The van der Waals surface area contributed by atoms with Crippen molar-refractivity contribution in [3.05, 3.63) is 70.4 Å². The second-order valence-corrected chi connectivity index (χ2v) is 7.82. The number of cyclic esters (lactones) is 1. The van der Waals surface area contributed by atoms with Crippen LogP contribution >= 0.6 is 23.2 Å². The van der Waals surface area contributed by atoms with Crippen molar-refractivity contribution in [3.8, 4) is 0 Å². The van der Waals surface area contributed by atoms with Gasteiger partial charge in [0.1, 0.15) is 6.10 Å². The van der Waals surface area contributed by atoms with Gasteiger partial charge in [-0.25, -0.2) is 0 Å². The van der Waals surface area contributed by atoms with Gasteiger partial charge in [-0.15, -0.1) is 6.58 Å². The molecule has 1 fully saturated rings. The lowest BCUT2D eigenvalue weighted by Crippen LogP contribution is -2.41. The van der Waals surface area contributed by atoms with Crippen LogP contribution in [-0.2, 0) is 9.53 Å². The van der Waals surface area contributed by atoms with Crippen molar-refractivity contribution in [1.82, 2.24) is 0 Å². The number of ether oxygens (including phenoxy) is 1. The van der Waals surface area contributed by atoms with Gasteiger partial charge in [0.15, 0.2) is 0 Å². The normalized spacial score (nSPS) is 27.0. The molecule has 0 aromatic heterocycles. The Balaban J connectivity index is 2.52. The molecule has 138 valence electrons. The summed E-state index contributed by atoms with van der Waals surface area (Å²) in [4.78, 5) is 16.6. The van der Waals surface area contributed by atoms with Crippen LogP contribution in [0.2, 0.25) is 5.02 Å². The summed E-state index contributed by atoms with van der Waals surface area (Å²) in [6, 6.07) is 7.33. The first kappa shape index (κ1) is 20.5. The highest BCUT2D eigenvalue weighted by molar-refractivity contribution is 6.30. The first-order valence-corrected chi connectivity index (χ1v) is 9.13. The van der Waals surface area contributed by atoms with E-state index >= 15 is 0 Å². The number of carbonyl (C=O) groups excluding carboxylic acids is 1. The number of aliphatic imine (C=N–C) groups is 1. The summed E-state index contributed by atoms with van der Waals surface area (Å²) in [6.07, 6.45) is 5.95. The molecule has 0 aliphatic carbocycles. The molecule has 0 N–H and O–H groups in total. The second kappa shape index (κ2) is 8.70. The molecular formula is C21H23Cl2NO2. The van der Waals surface area contributed by atoms with Gasteiger partial charge >= 0.3 is 5.97 Å². The molecule has 1 aromatic rings. The predicted octanol–water partition coefficient (Wildman–Crippen LogP) is 6.25. The maximum absolute atomic E-state index is 12.7. The topological polar surface area (TPSA) is 38.7 Å². The molecule has 1 saturated heterocycles. The van der Waals surface area contributed by atoms with Crippen molar-refractivity contribution in [3.63, 3.8) is 0 Å². The van der Waals surface area contributed by atoms with Crippen LogP contribution in [0.25, 0.3) is 0 Å². The molecule has 2 rings (SSSR count). The maximum atomic E-state index is 12.7. The number of hydrogen-bond donors (Lipinski definition) is 0. The fraction of sp³-hybridized carbons (Fsp3) is 0.333. The highest BCUT2D eigenvalue weighted by Gasteiger charge is 2.46. The minimum atomic E-state index is -0.649. The number of allylic oxidation sites excluding steroid dienone is 3. The Morgan fingerprint density at radius 2 is 2.08 bits per heavy atom. The van der Waals surface area contributed by atoms with E-state index in [1.54, 1.807) is 31.3 Å². The van der Waals surface area contributed by atoms with E-state index < -0.39 is 11.5 Å². The molecule has 0 radical (unpaired) electrons. The first-order valence-electron chi connectivity index (χ1n) is 8.38.